The molecule has 1 aromatic rings. The van der Waals surface area contributed by atoms with Crippen molar-refractivity contribution < 1.29 is 14.7 Å². The van der Waals surface area contributed by atoms with Gasteiger partial charge >= 0.3 is 5.97 Å². The number of nitrogens with one attached hydrogen (secondary N) is 2. The molecular formula is C11H16N4O3. The molecule has 0 radical (unpaired) electrons. The third kappa shape index (κ3) is 2.85. The quantitative estimate of drug-likeness (QED) is 0.681. The van der Waals surface area contributed by atoms with E-state index in [4.69, 9.17) is 0 Å². The van der Waals surface area contributed by atoms with Crippen LogP contribution in [0.4, 0.5) is 0 Å². The molecular weight excluding hydrogens is 236 g/mol. The van der Waals surface area contributed by atoms with E-state index in [1.54, 1.807) is 0 Å². The zero-order chi connectivity index (χ0) is 13.0. The number of aromatic nitrogens is 3. The number of nitrogens with zero attached hydrogens (tertiary/aromatic N) is 2. The molecule has 0 saturated heterocycles. The van der Waals surface area contributed by atoms with Crippen LogP contribution in [0, 0.1) is 5.92 Å². The SMILES string of the molecule is O=C(NC1CCCCCC1C(=O)O)c1cn[nH]n1. The predicted molar refractivity (Wildman–Crippen MR) is 61.8 cm³/mol. The number of amides is 1. The maximum atomic E-state index is 11.8. The predicted octanol–water partition coefficient (Wildman–Crippen LogP) is 0.568. The summed E-state index contributed by atoms with van der Waals surface area (Å²) >= 11 is 0. The van der Waals surface area contributed by atoms with Gasteiger partial charge in [-0.25, -0.2) is 0 Å². The molecule has 0 aromatic carbocycles. The van der Waals surface area contributed by atoms with Gasteiger partial charge in [0.2, 0.25) is 0 Å². The first-order valence-corrected chi connectivity index (χ1v) is 6.08. The Morgan fingerprint density at radius 3 is 2.78 bits per heavy atom. The van der Waals surface area contributed by atoms with Crippen molar-refractivity contribution in [1.29, 1.82) is 0 Å². The number of carbonyl (C=O) groups is 2. The van der Waals surface area contributed by atoms with Gasteiger partial charge in [-0.3, -0.25) is 9.59 Å². The molecule has 2 unspecified atom stereocenters. The topological polar surface area (TPSA) is 108 Å². The maximum absolute atomic E-state index is 11.8. The summed E-state index contributed by atoms with van der Waals surface area (Å²) in [5.74, 6) is -1.73. The number of carbonyl (C=O) groups excluding carboxylic acids is 1. The molecule has 1 aromatic heterocycles. The maximum Gasteiger partial charge on any atom is 0.308 e. The van der Waals surface area contributed by atoms with Crippen LogP contribution in [0.5, 0.6) is 0 Å². The van der Waals surface area contributed by atoms with Crippen LogP contribution >= 0.6 is 0 Å². The van der Waals surface area contributed by atoms with E-state index in [9.17, 15) is 14.7 Å². The smallest absolute Gasteiger partial charge is 0.308 e. The molecule has 1 aliphatic rings. The van der Waals surface area contributed by atoms with Crippen LogP contribution in [0.25, 0.3) is 0 Å². The molecule has 1 aliphatic carbocycles. The van der Waals surface area contributed by atoms with Crippen molar-refractivity contribution in [2.24, 2.45) is 5.92 Å². The van der Waals surface area contributed by atoms with Gasteiger partial charge < -0.3 is 10.4 Å². The number of carboxylic acid groups (broad SMARTS) is 1. The number of rotatable bonds is 3. The Morgan fingerprint density at radius 1 is 1.33 bits per heavy atom. The normalized spacial score (nSPS) is 24.2. The first-order chi connectivity index (χ1) is 8.68. The van der Waals surface area contributed by atoms with Crippen molar-refractivity contribution >= 4 is 11.9 Å². The Balaban J connectivity index is 2.04. The Morgan fingerprint density at radius 2 is 2.11 bits per heavy atom. The highest BCUT2D eigenvalue weighted by Crippen LogP contribution is 2.24. The summed E-state index contributed by atoms with van der Waals surface area (Å²) in [6, 6.07) is -0.325. The molecule has 0 spiro atoms. The van der Waals surface area contributed by atoms with Crippen LogP contribution in [0.3, 0.4) is 0 Å². The zero-order valence-electron chi connectivity index (χ0n) is 9.93. The number of hydrogen-bond acceptors (Lipinski definition) is 4. The van der Waals surface area contributed by atoms with Crippen LogP contribution in [0.1, 0.15) is 42.6 Å². The van der Waals surface area contributed by atoms with Gasteiger partial charge in [-0.2, -0.15) is 15.4 Å². The Kier molecular flexibility index (Phi) is 3.91. The van der Waals surface area contributed by atoms with E-state index in [0.717, 1.165) is 19.3 Å². The largest absolute Gasteiger partial charge is 0.481 e. The van der Waals surface area contributed by atoms with Gasteiger partial charge in [0, 0.05) is 6.04 Å². The molecule has 18 heavy (non-hydrogen) atoms. The van der Waals surface area contributed by atoms with Crippen molar-refractivity contribution in [3.63, 3.8) is 0 Å². The molecule has 0 bridgehead atoms. The van der Waals surface area contributed by atoms with Gasteiger partial charge in [-0.05, 0) is 12.8 Å². The minimum Gasteiger partial charge on any atom is -0.481 e. The third-order valence-corrected chi connectivity index (χ3v) is 3.30. The fourth-order valence-corrected chi connectivity index (χ4v) is 2.33. The van der Waals surface area contributed by atoms with Crippen molar-refractivity contribution in [3.05, 3.63) is 11.9 Å². The first-order valence-electron chi connectivity index (χ1n) is 6.08. The standard InChI is InChI=1S/C11H16N4O3/c16-10(9-6-12-15-14-9)13-8-5-3-1-2-4-7(8)11(17)18/h6-8H,1-5H2,(H,13,16)(H,17,18)(H,12,14,15). The zero-order valence-corrected chi connectivity index (χ0v) is 9.93. The molecule has 1 heterocycles. The van der Waals surface area contributed by atoms with Gasteiger partial charge in [0.15, 0.2) is 5.69 Å². The van der Waals surface area contributed by atoms with Gasteiger partial charge in [-0.1, -0.05) is 19.3 Å². The summed E-state index contributed by atoms with van der Waals surface area (Å²) in [4.78, 5) is 23.0. The van der Waals surface area contributed by atoms with E-state index >= 15 is 0 Å². The van der Waals surface area contributed by atoms with Crippen molar-refractivity contribution in [3.8, 4) is 0 Å². The molecule has 2 atom stereocenters. The number of aliphatic carboxylic acids is 1. The Labute approximate surface area is 104 Å². The molecule has 0 aliphatic heterocycles. The second kappa shape index (κ2) is 5.61. The van der Waals surface area contributed by atoms with Crippen LogP contribution in [0.15, 0.2) is 6.20 Å². The number of hydrogen-bond donors (Lipinski definition) is 3. The summed E-state index contributed by atoms with van der Waals surface area (Å²) in [5.41, 5.74) is 0.184. The Hall–Kier alpha value is -1.92. The molecule has 3 N–H and O–H groups in total. The molecule has 7 heteroatoms. The van der Waals surface area contributed by atoms with Crippen molar-refractivity contribution in [2.75, 3.05) is 0 Å². The third-order valence-electron chi connectivity index (χ3n) is 3.30. The molecule has 1 fully saturated rings. The number of carboxylic acids is 1. The van der Waals surface area contributed by atoms with Gasteiger partial charge in [0.1, 0.15) is 0 Å². The van der Waals surface area contributed by atoms with E-state index in [-0.39, 0.29) is 17.6 Å². The fourth-order valence-electron chi connectivity index (χ4n) is 2.33. The average molecular weight is 252 g/mol. The number of H-pyrrole nitrogens is 1. The Bertz CT molecular complexity index is 418. The summed E-state index contributed by atoms with van der Waals surface area (Å²) in [7, 11) is 0. The van der Waals surface area contributed by atoms with Crippen LogP contribution in [0.2, 0.25) is 0 Å². The van der Waals surface area contributed by atoms with Gasteiger partial charge in [0.05, 0.1) is 12.1 Å². The van der Waals surface area contributed by atoms with E-state index in [2.05, 4.69) is 20.7 Å². The van der Waals surface area contributed by atoms with Crippen molar-refractivity contribution in [1.82, 2.24) is 20.7 Å². The minimum atomic E-state index is -0.845. The lowest BCUT2D eigenvalue weighted by Gasteiger charge is -2.22. The molecule has 7 nitrogen and oxygen atoms in total. The molecule has 2 rings (SSSR count). The first kappa shape index (κ1) is 12.5. The van der Waals surface area contributed by atoms with E-state index in [1.165, 1.54) is 6.20 Å². The minimum absolute atomic E-state index is 0.184. The van der Waals surface area contributed by atoms with Crippen LogP contribution in [-0.2, 0) is 4.79 Å². The second-order valence-corrected chi connectivity index (χ2v) is 4.52. The van der Waals surface area contributed by atoms with Crippen LogP contribution in [-0.4, -0.2) is 38.4 Å². The number of aromatic amines is 1. The highest BCUT2D eigenvalue weighted by Gasteiger charge is 2.31. The van der Waals surface area contributed by atoms with E-state index < -0.39 is 11.9 Å². The monoisotopic (exact) mass is 252 g/mol. The summed E-state index contributed by atoms with van der Waals surface area (Å²) in [6.45, 7) is 0. The average Bonchev–Trinajstić information content (AvgIpc) is 2.77. The highest BCUT2D eigenvalue weighted by molar-refractivity contribution is 5.92. The highest BCUT2D eigenvalue weighted by atomic mass is 16.4. The van der Waals surface area contributed by atoms with Crippen molar-refractivity contribution in [2.45, 2.75) is 38.1 Å². The lowest BCUT2D eigenvalue weighted by Crippen LogP contribution is -2.43. The lowest BCUT2D eigenvalue weighted by atomic mass is 9.95. The molecule has 98 valence electrons. The summed E-state index contributed by atoms with van der Waals surface area (Å²) in [5, 5.41) is 21.5. The van der Waals surface area contributed by atoms with Gasteiger partial charge in [-0.15, -0.1) is 0 Å². The second-order valence-electron chi connectivity index (χ2n) is 4.52. The van der Waals surface area contributed by atoms with E-state index in [0.29, 0.717) is 12.8 Å². The summed E-state index contributed by atoms with van der Waals surface area (Å²) < 4.78 is 0. The molecule has 1 amide bonds. The lowest BCUT2D eigenvalue weighted by molar-refractivity contribution is -0.142. The van der Waals surface area contributed by atoms with E-state index in [1.807, 2.05) is 0 Å². The summed E-state index contributed by atoms with van der Waals surface area (Å²) in [6.07, 6.45) is 5.47. The van der Waals surface area contributed by atoms with Gasteiger partial charge in [0.25, 0.3) is 5.91 Å². The molecule has 1 saturated carbocycles. The van der Waals surface area contributed by atoms with Crippen LogP contribution < -0.4 is 5.32 Å². The fraction of sp³-hybridized carbons (Fsp3) is 0.636.